The molecule has 0 N–H and O–H groups in total. The largest absolute Gasteiger partial charge is 0.310 e. The van der Waals surface area contributed by atoms with Crippen LogP contribution in [0.1, 0.15) is 0 Å². The van der Waals surface area contributed by atoms with E-state index < -0.39 is 0 Å². The number of benzene rings is 8. The van der Waals surface area contributed by atoms with Gasteiger partial charge in [0.05, 0.1) is 16.7 Å². The van der Waals surface area contributed by atoms with Gasteiger partial charge in [0, 0.05) is 33.4 Å². The summed E-state index contributed by atoms with van der Waals surface area (Å²) in [5.41, 5.74) is 9.31. The molecule has 0 spiro atoms. The topological polar surface area (TPSA) is 8.17 Å². The van der Waals surface area contributed by atoms with E-state index in [1.54, 1.807) is 0 Å². The first kappa shape index (κ1) is 26.3. The molecule has 1 heterocycles. The zero-order valence-electron chi connectivity index (χ0n) is 25.2. The van der Waals surface area contributed by atoms with Crippen LogP contribution in [-0.4, -0.2) is 4.57 Å². The van der Waals surface area contributed by atoms with Crippen LogP contribution < -0.4 is 4.90 Å². The van der Waals surface area contributed by atoms with Crippen LogP contribution in [0.15, 0.2) is 182 Å². The highest BCUT2D eigenvalue weighted by atomic mass is 15.1. The van der Waals surface area contributed by atoms with Crippen molar-refractivity contribution in [3.63, 3.8) is 0 Å². The van der Waals surface area contributed by atoms with E-state index in [4.69, 9.17) is 0 Å². The third-order valence-corrected chi connectivity index (χ3v) is 9.16. The minimum absolute atomic E-state index is 1.10. The average molecular weight is 587 g/mol. The van der Waals surface area contributed by atoms with Crippen LogP contribution in [0.4, 0.5) is 17.1 Å². The summed E-state index contributed by atoms with van der Waals surface area (Å²) >= 11 is 0. The summed E-state index contributed by atoms with van der Waals surface area (Å²) in [5.74, 6) is 0. The lowest BCUT2D eigenvalue weighted by atomic mass is 9.99. The van der Waals surface area contributed by atoms with Crippen LogP contribution in [0.25, 0.3) is 60.2 Å². The van der Waals surface area contributed by atoms with Crippen LogP contribution in [0.2, 0.25) is 0 Å². The Morgan fingerprint density at radius 2 is 0.935 bits per heavy atom. The van der Waals surface area contributed by atoms with Crippen LogP contribution >= 0.6 is 0 Å². The monoisotopic (exact) mass is 586 g/mol. The third-order valence-electron chi connectivity index (χ3n) is 9.16. The first-order valence-corrected chi connectivity index (χ1v) is 15.8. The zero-order chi connectivity index (χ0) is 30.5. The van der Waals surface area contributed by atoms with E-state index in [1.807, 2.05) is 0 Å². The highest BCUT2D eigenvalue weighted by Gasteiger charge is 2.19. The van der Waals surface area contributed by atoms with Crippen LogP contribution in [0.3, 0.4) is 0 Å². The molecule has 0 amide bonds. The molecular formula is C44H30N2. The van der Waals surface area contributed by atoms with Crippen LogP contribution in [0.5, 0.6) is 0 Å². The lowest BCUT2D eigenvalue weighted by molar-refractivity contribution is 1.17. The predicted octanol–water partition coefficient (Wildman–Crippen LogP) is 12.2. The molecule has 0 atom stereocenters. The summed E-state index contributed by atoms with van der Waals surface area (Å²) in [5, 5.41) is 7.56. The Balaban J connectivity index is 1.24. The van der Waals surface area contributed by atoms with Gasteiger partial charge in [-0.2, -0.15) is 0 Å². The molecule has 216 valence electrons. The van der Waals surface area contributed by atoms with Gasteiger partial charge in [-0.25, -0.2) is 0 Å². The Morgan fingerprint density at radius 1 is 0.370 bits per heavy atom. The number of para-hydroxylation sites is 3. The molecule has 0 fully saturated rings. The van der Waals surface area contributed by atoms with Gasteiger partial charge in [0.25, 0.3) is 0 Å². The van der Waals surface area contributed by atoms with E-state index in [0.717, 1.165) is 22.7 Å². The molecular weight excluding hydrogens is 556 g/mol. The Kier molecular flexibility index (Phi) is 6.17. The number of anilines is 3. The lowest BCUT2D eigenvalue weighted by Crippen LogP contribution is -2.11. The summed E-state index contributed by atoms with van der Waals surface area (Å²) in [4.78, 5) is 2.40. The van der Waals surface area contributed by atoms with Crippen LogP contribution in [0, 0.1) is 0 Å². The van der Waals surface area contributed by atoms with Gasteiger partial charge in [-0.05, 0) is 81.7 Å². The van der Waals surface area contributed by atoms with Crippen molar-refractivity contribution in [1.29, 1.82) is 0 Å². The summed E-state index contributed by atoms with van der Waals surface area (Å²) in [6.45, 7) is 0. The molecule has 9 aromatic rings. The summed E-state index contributed by atoms with van der Waals surface area (Å²) in [7, 11) is 0. The standard InChI is InChI=1S/C44H30N2/c1-2-12-31(13-3-1)39-16-6-9-19-42(39)45(36-28-29-38-33(30-36)23-22-32-14-4-5-15-37(32)38)34-24-26-35(27-25-34)46-43-20-10-7-17-40(43)41-18-8-11-21-44(41)46/h1-30H. The minimum Gasteiger partial charge on any atom is -0.310 e. The number of fused-ring (bicyclic) bond motifs is 6. The van der Waals surface area contributed by atoms with E-state index in [1.165, 1.54) is 54.5 Å². The normalized spacial score (nSPS) is 11.5. The Labute approximate surface area is 268 Å². The van der Waals surface area contributed by atoms with Gasteiger partial charge >= 0.3 is 0 Å². The molecule has 8 aromatic carbocycles. The summed E-state index contributed by atoms with van der Waals surface area (Å²) in [6.07, 6.45) is 0. The van der Waals surface area contributed by atoms with E-state index in [2.05, 4.69) is 191 Å². The maximum absolute atomic E-state index is 2.40. The molecule has 0 aliphatic rings. The van der Waals surface area contributed by atoms with Crippen molar-refractivity contribution in [3.8, 4) is 16.8 Å². The molecule has 0 aliphatic heterocycles. The Bertz CT molecular complexity index is 2470. The number of rotatable bonds is 5. The second-order valence-corrected chi connectivity index (χ2v) is 11.8. The quantitative estimate of drug-likeness (QED) is 0.182. The summed E-state index contributed by atoms with van der Waals surface area (Å²) < 4.78 is 2.37. The molecule has 0 saturated carbocycles. The van der Waals surface area contributed by atoms with E-state index >= 15 is 0 Å². The molecule has 0 bridgehead atoms. The van der Waals surface area contributed by atoms with Gasteiger partial charge < -0.3 is 9.47 Å². The molecule has 0 unspecified atom stereocenters. The SMILES string of the molecule is c1ccc(-c2ccccc2N(c2ccc(-n3c4ccccc4c4ccccc43)cc2)c2ccc3c(ccc4ccccc43)c2)cc1. The smallest absolute Gasteiger partial charge is 0.0541 e. The lowest BCUT2D eigenvalue weighted by Gasteiger charge is -2.28. The first-order chi connectivity index (χ1) is 22.8. The summed E-state index contributed by atoms with van der Waals surface area (Å²) in [6, 6.07) is 65.7. The van der Waals surface area contributed by atoms with Gasteiger partial charge in [0.2, 0.25) is 0 Å². The van der Waals surface area contributed by atoms with Crippen molar-refractivity contribution < 1.29 is 0 Å². The number of aromatic nitrogens is 1. The van der Waals surface area contributed by atoms with Crippen molar-refractivity contribution >= 4 is 60.4 Å². The number of nitrogens with zero attached hydrogens (tertiary/aromatic N) is 2. The molecule has 1 aromatic heterocycles. The van der Waals surface area contributed by atoms with Crippen molar-refractivity contribution in [3.05, 3.63) is 182 Å². The van der Waals surface area contributed by atoms with Crippen molar-refractivity contribution in [1.82, 2.24) is 4.57 Å². The van der Waals surface area contributed by atoms with Crippen molar-refractivity contribution in [2.24, 2.45) is 0 Å². The average Bonchev–Trinajstić information content (AvgIpc) is 3.47. The van der Waals surface area contributed by atoms with Gasteiger partial charge in [0.1, 0.15) is 0 Å². The highest BCUT2D eigenvalue weighted by Crippen LogP contribution is 2.42. The second-order valence-electron chi connectivity index (χ2n) is 11.8. The molecule has 46 heavy (non-hydrogen) atoms. The minimum atomic E-state index is 1.10. The van der Waals surface area contributed by atoms with E-state index in [0.29, 0.717) is 0 Å². The van der Waals surface area contributed by atoms with Crippen LogP contribution in [-0.2, 0) is 0 Å². The van der Waals surface area contributed by atoms with Crippen molar-refractivity contribution in [2.75, 3.05) is 4.90 Å². The highest BCUT2D eigenvalue weighted by molar-refractivity contribution is 6.10. The maximum atomic E-state index is 2.40. The Hall–Kier alpha value is -6.12. The van der Waals surface area contributed by atoms with Gasteiger partial charge in [-0.1, -0.05) is 127 Å². The van der Waals surface area contributed by atoms with E-state index in [9.17, 15) is 0 Å². The molecule has 0 saturated heterocycles. The Morgan fingerprint density at radius 3 is 1.70 bits per heavy atom. The van der Waals surface area contributed by atoms with E-state index in [-0.39, 0.29) is 0 Å². The van der Waals surface area contributed by atoms with Gasteiger partial charge in [-0.15, -0.1) is 0 Å². The second kappa shape index (κ2) is 10.8. The zero-order valence-corrected chi connectivity index (χ0v) is 25.2. The van der Waals surface area contributed by atoms with Gasteiger partial charge in [-0.3, -0.25) is 0 Å². The number of hydrogen-bond donors (Lipinski definition) is 0. The third kappa shape index (κ3) is 4.27. The molecule has 0 aliphatic carbocycles. The molecule has 2 heteroatoms. The van der Waals surface area contributed by atoms with Gasteiger partial charge in [0.15, 0.2) is 0 Å². The fourth-order valence-corrected chi connectivity index (χ4v) is 7.05. The fraction of sp³-hybridized carbons (Fsp3) is 0. The first-order valence-electron chi connectivity index (χ1n) is 15.8. The fourth-order valence-electron chi connectivity index (χ4n) is 7.05. The molecule has 9 rings (SSSR count). The molecule has 0 radical (unpaired) electrons. The maximum Gasteiger partial charge on any atom is 0.0541 e. The predicted molar refractivity (Wildman–Crippen MR) is 196 cm³/mol. The molecule has 2 nitrogen and oxygen atoms in total. The van der Waals surface area contributed by atoms with Crippen molar-refractivity contribution in [2.45, 2.75) is 0 Å². The number of hydrogen-bond acceptors (Lipinski definition) is 1.